The molecule has 0 saturated heterocycles. The molecule has 22 heavy (non-hydrogen) atoms. The predicted molar refractivity (Wildman–Crippen MR) is 75.5 cm³/mol. The van der Waals surface area contributed by atoms with Crippen LogP contribution in [-0.2, 0) is 6.18 Å². The van der Waals surface area contributed by atoms with Crippen LogP contribution in [0.2, 0.25) is 5.15 Å². The van der Waals surface area contributed by atoms with Crippen LogP contribution in [0.4, 0.5) is 19.0 Å². The van der Waals surface area contributed by atoms with E-state index in [0.29, 0.717) is 11.8 Å². The molecule has 0 aliphatic carbocycles. The van der Waals surface area contributed by atoms with Gasteiger partial charge in [-0.05, 0) is 18.2 Å². The molecule has 4 N–H and O–H groups in total. The van der Waals surface area contributed by atoms with Gasteiger partial charge in [0.1, 0.15) is 11.0 Å². The lowest BCUT2D eigenvalue weighted by atomic mass is 10.3. The van der Waals surface area contributed by atoms with Crippen LogP contribution in [0.3, 0.4) is 0 Å². The number of pyridine rings is 2. The summed E-state index contributed by atoms with van der Waals surface area (Å²) in [6, 6.07) is 3.79. The molecule has 0 aliphatic heterocycles. The third-order valence-corrected chi connectivity index (χ3v) is 3.88. The summed E-state index contributed by atoms with van der Waals surface area (Å²) in [6.07, 6.45) is -3.59. The van der Waals surface area contributed by atoms with Crippen LogP contribution in [0.15, 0.2) is 34.2 Å². The maximum Gasteiger partial charge on any atom is 0.434 e. The number of nitrogens with zero attached hydrogens (tertiary/aromatic N) is 2. The van der Waals surface area contributed by atoms with E-state index in [9.17, 15) is 18.0 Å². The number of carbonyl (C=O) groups is 1. The van der Waals surface area contributed by atoms with Gasteiger partial charge >= 0.3 is 6.18 Å². The van der Waals surface area contributed by atoms with E-state index < -0.39 is 17.8 Å². The van der Waals surface area contributed by atoms with E-state index in [2.05, 4.69) is 9.97 Å². The number of nitrogen functional groups attached to an aromatic ring is 1. The van der Waals surface area contributed by atoms with Crippen molar-refractivity contribution in [2.24, 2.45) is 5.73 Å². The molecule has 0 unspecified atom stereocenters. The second kappa shape index (κ2) is 6.01. The van der Waals surface area contributed by atoms with Gasteiger partial charge < -0.3 is 11.5 Å². The number of hydrogen-bond acceptors (Lipinski definition) is 5. The van der Waals surface area contributed by atoms with Gasteiger partial charge in [-0.15, -0.1) is 0 Å². The van der Waals surface area contributed by atoms with E-state index in [0.717, 1.165) is 6.20 Å². The maximum atomic E-state index is 12.9. The molecule has 0 aromatic carbocycles. The smallest absolute Gasteiger partial charge is 0.383 e. The van der Waals surface area contributed by atoms with Crippen LogP contribution < -0.4 is 11.5 Å². The molecule has 2 aromatic heterocycles. The molecule has 5 nitrogen and oxygen atoms in total. The third kappa shape index (κ3) is 3.42. The molecule has 2 aromatic rings. The molecule has 0 aliphatic rings. The van der Waals surface area contributed by atoms with Crippen LogP contribution >= 0.6 is 23.4 Å². The van der Waals surface area contributed by atoms with Crippen LogP contribution in [0.1, 0.15) is 16.1 Å². The van der Waals surface area contributed by atoms with E-state index in [1.54, 1.807) is 0 Å². The number of amides is 1. The Kier molecular flexibility index (Phi) is 4.47. The summed E-state index contributed by atoms with van der Waals surface area (Å²) in [5.74, 6) is -0.974. The Bertz CT molecular complexity index is 739. The molecule has 0 bridgehead atoms. The largest absolute Gasteiger partial charge is 0.434 e. The zero-order valence-corrected chi connectivity index (χ0v) is 12.3. The van der Waals surface area contributed by atoms with Crippen molar-refractivity contribution in [2.45, 2.75) is 16.0 Å². The number of primary amides is 1. The second-order valence-corrected chi connectivity index (χ2v) is 5.47. The Hall–Kier alpha value is -2.00. The van der Waals surface area contributed by atoms with Gasteiger partial charge in [0.25, 0.3) is 5.91 Å². The number of hydrogen-bond donors (Lipinski definition) is 2. The Morgan fingerprint density at radius 1 is 1.32 bits per heavy atom. The lowest BCUT2D eigenvalue weighted by Crippen LogP contribution is -2.13. The molecule has 116 valence electrons. The SMILES string of the molecule is NC(=O)c1cc(Sc2cccnc2C(F)(F)F)c(N)nc1Cl. The summed E-state index contributed by atoms with van der Waals surface area (Å²) in [5, 5.41) is -0.211. The Balaban J connectivity index is 2.49. The average molecular weight is 349 g/mol. The minimum atomic E-state index is -4.62. The first-order chi connectivity index (χ1) is 10.2. The van der Waals surface area contributed by atoms with Crippen LogP contribution in [-0.4, -0.2) is 15.9 Å². The Labute approximate surface area is 131 Å². The van der Waals surface area contributed by atoms with Gasteiger partial charge in [0.15, 0.2) is 5.69 Å². The van der Waals surface area contributed by atoms with Crippen LogP contribution in [0.25, 0.3) is 0 Å². The van der Waals surface area contributed by atoms with Crippen molar-refractivity contribution in [1.82, 2.24) is 9.97 Å². The zero-order chi connectivity index (χ0) is 16.5. The first-order valence-corrected chi connectivity index (χ1v) is 6.85. The summed E-state index contributed by atoms with van der Waals surface area (Å²) < 4.78 is 38.7. The predicted octanol–water partition coefficient (Wildman–Crippen LogP) is 2.98. The quantitative estimate of drug-likeness (QED) is 0.831. The molecule has 2 rings (SSSR count). The van der Waals surface area contributed by atoms with Gasteiger partial charge in [0.2, 0.25) is 0 Å². The monoisotopic (exact) mass is 348 g/mol. The van der Waals surface area contributed by atoms with Crippen LogP contribution in [0, 0.1) is 0 Å². The highest BCUT2D eigenvalue weighted by Gasteiger charge is 2.35. The van der Waals surface area contributed by atoms with Crippen molar-refractivity contribution in [2.75, 3.05) is 5.73 Å². The second-order valence-electron chi connectivity index (χ2n) is 4.02. The van der Waals surface area contributed by atoms with Gasteiger partial charge in [0, 0.05) is 11.1 Å². The molecular formula is C12H8ClF3N4OS. The summed E-state index contributed by atoms with van der Waals surface area (Å²) in [4.78, 5) is 18.2. The van der Waals surface area contributed by atoms with Crippen molar-refractivity contribution in [1.29, 1.82) is 0 Å². The lowest BCUT2D eigenvalue weighted by Gasteiger charge is -2.12. The molecule has 0 fully saturated rings. The zero-order valence-electron chi connectivity index (χ0n) is 10.7. The summed E-state index contributed by atoms with van der Waals surface area (Å²) in [6.45, 7) is 0. The van der Waals surface area contributed by atoms with Gasteiger partial charge in [-0.1, -0.05) is 23.4 Å². The molecule has 0 spiro atoms. The summed E-state index contributed by atoms with van der Waals surface area (Å²) >= 11 is 6.38. The molecule has 0 saturated carbocycles. The minimum Gasteiger partial charge on any atom is -0.383 e. The Morgan fingerprint density at radius 3 is 2.59 bits per heavy atom. The van der Waals surface area contributed by atoms with Gasteiger partial charge in [-0.25, -0.2) is 4.98 Å². The van der Waals surface area contributed by atoms with Crippen LogP contribution in [0.5, 0.6) is 0 Å². The number of aromatic nitrogens is 2. The molecule has 10 heteroatoms. The number of nitrogens with two attached hydrogens (primary N) is 2. The minimum absolute atomic E-state index is 0.114. The third-order valence-electron chi connectivity index (χ3n) is 2.49. The summed E-state index contributed by atoms with van der Waals surface area (Å²) in [7, 11) is 0. The number of rotatable bonds is 3. The molecule has 1 amide bonds. The van der Waals surface area contributed by atoms with Crippen molar-refractivity contribution in [3.05, 3.63) is 40.8 Å². The molecule has 0 atom stereocenters. The highest BCUT2D eigenvalue weighted by molar-refractivity contribution is 7.99. The van der Waals surface area contributed by atoms with Gasteiger partial charge in [0.05, 0.1) is 10.5 Å². The fraction of sp³-hybridized carbons (Fsp3) is 0.0833. The van der Waals surface area contributed by atoms with E-state index in [4.69, 9.17) is 23.1 Å². The van der Waals surface area contributed by atoms with E-state index in [1.165, 1.54) is 18.2 Å². The van der Waals surface area contributed by atoms with E-state index in [-0.39, 0.29) is 26.3 Å². The fourth-order valence-electron chi connectivity index (χ4n) is 1.54. The maximum absolute atomic E-state index is 12.9. The normalized spacial score (nSPS) is 11.5. The summed E-state index contributed by atoms with van der Waals surface area (Å²) in [5.41, 5.74) is 9.56. The highest BCUT2D eigenvalue weighted by atomic mass is 35.5. The van der Waals surface area contributed by atoms with Crippen molar-refractivity contribution in [3.63, 3.8) is 0 Å². The van der Waals surface area contributed by atoms with Crippen molar-refractivity contribution in [3.8, 4) is 0 Å². The number of halogens is 4. The standard InChI is InChI=1S/C12H8ClF3N4OS/c13-9-5(11(18)21)4-7(10(17)20-9)22-6-2-1-3-19-8(6)12(14,15)16/h1-4H,(H2,17,20)(H2,18,21). The van der Waals surface area contributed by atoms with E-state index >= 15 is 0 Å². The fourth-order valence-corrected chi connectivity index (χ4v) is 2.76. The Morgan fingerprint density at radius 2 is 2.00 bits per heavy atom. The van der Waals surface area contributed by atoms with Crippen molar-refractivity contribution < 1.29 is 18.0 Å². The number of alkyl halides is 3. The molecule has 2 heterocycles. The average Bonchev–Trinajstić information content (AvgIpc) is 2.40. The highest BCUT2D eigenvalue weighted by Crippen LogP contribution is 2.40. The van der Waals surface area contributed by atoms with Gasteiger partial charge in [-0.2, -0.15) is 13.2 Å². The first-order valence-electron chi connectivity index (χ1n) is 5.66. The van der Waals surface area contributed by atoms with E-state index in [1.807, 2.05) is 0 Å². The number of anilines is 1. The van der Waals surface area contributed by atoms with Crippen molar-refractivity contribution >= 4 is 35.1 Å². The molecular weight excluding hydrogens is 341 g/mol. The molecule has 0 radical (unpaired) electrons. The lowest BCUT2D eigenvalue weighted by molar-refractivity contribution is -0.143. The number of carbonyl (C=O) groups excluding carboxylic acids is 1. The topological polar surface area (TPSA) is 94.9 Å². The van der Waals surface area contributed by atoms with Gasteiger partial charge in [-0.3, -0.25) is 9.78 Å². The first kappa shape index (κ1) is 16.4.